The highest BCUT2D eigenvalue weighted by atomic mass is 16.3. The molecule has 3 N–H and O–H groups in total. The fourth-order valence-electron chi connectivity index (χ4n) is 3.08. The van der Waals surface area contributed by atoms with E-state index in [0.717, 1.165) is 29.9 Å². The van der Waals surface area contributed by atoms with E-state index in [1.54, 1.807) is 12.1 Å². The van der Waals surface area contributed by atoms with E-state index in [4.69, 9.17) is 0 Å². The van der Waals surface area contributed by atoms with Gasteiger partial charge in [0, 0.05) is 25.7 Å². The molecule has 1 aromatic carbocycles. The van der Waals surface area contributed by atoms with Crippen molar-refractivity contribution in [3.8, 4) is 0 Å². The summed E-state index contributed by atoms with van der Waals surface area (Å²) in [6.07, 6.45) is 1.11. The van der Waals surface area contributed by atoms with E-state index in [9.17, 15) is 15.0 Å². The predicted octanol–water partition coefficient (Wildman–Crippen LogP) is 0.645. The zero-order chi connectivity index (χ0) is 17.3. The van der Waals surface area contributed by atoms with E-state index in [2.05, 4.69) is 15.2 Å². The van der Waals surface area contributed by atoms with Crippen LogP contribution in [0, 0.1) is 0 Å². The molecule has 24 heavy (non-hydrogen) atoms. The van der Waals surface area contributed by atoms with Gasteiger partial charge in [0.05, 0.1) is 29.8 Å². The van der Waals surface area contributed by atoms with E-state index in [1.165, 1.54) is 0 Å². The number of anilines is 1. The third-order valence-electron chi connectivity index (χ3n) is 4.61. The average Bonchev–Trinajstić information content (AvgIpc) is 3.15. The molecule has 1 aliphatic heterocycles. The molecule has 2 aromatic rings. The van der Waals surface area contributed by atoms with Crippen LogP contribution in [0.4, 0.5) is 5.95 Å². The molecule has 1 aromatic heterocycles. The first-order valence-electron chi connectivity index (χ1n) is 8.34. The lowest BCUT2D eigenvalue weighted by Gasteiger charge is -2.16. The Balaban J connectivity index is 1.87. The molecule has 3 rings (SSSR count). The predicted molar refractivity (Wildman–Crippen MR) is 92.2 cm³/mol. The number of carbonyl (C=O) groups excluding carboxylic acids is 1. The smallest absolute Gasteiger partial charge is 0.251 e. The number of nitrogens with one attached hydrogen (secondary N) is 1. The number of aryl methyl sites for hydroxylation is 1. The van der Waals surface area contributed by atoms with Gasteiger partial charge in [-0.2, -0.15) is 0 Å². The minimum atomic E-state index is -0.310. The van der Waals surface area contributed by atoms with Crippen molar-refractivity contribution in [2.75, 3.05) is 24.6 Å². The molecular weight excluding hydrogens is 308 g/mol. The van der Waals surface area contributed by atoms with Crippen LogP contribution in [0.25, 0.3) is 11.0 Å². The van der Waals surface area contributed by atoms with Crippen molar-refractivity contribution in [3.05, 3.63) is 23.8 Å². The topological polar surface area (TPSA) is 90.6 Å². The van der Waals surface area contributed by atoms with Crippen LogP contribution in [0.1, 0.15) is 30.1 Å². The lowest BCUT2D eigenvalue weighted by Crippen LogP contribution is -2.36. The fraction of sp³-hybridized carbons (Fsp3) is 0.529. The van der Waals surface area contributed by atoms with Crippen LogP contribution in [0.2, 0.25) is 0 Å². The number of imidazole rings is 1. The number of hydrogen-bond donors (Lipinski definition) is 3. The maximum atomic E-state index is 12.3. The van der Waals surface area contributed by atoms with Crippen molar-refractivity contribution in [2.45, 2.75) is 31.9 Å². The molecule has 1 amide bonds. The van der Waals surface area contributed by atoms with Crippen LogP contribution in [0.3, 0.4) is 0 Å². The Labute approximate surface area is 140 Å². The molecule has 130 valence electrons. The van der Waals surface area contributed by atoms with Crippen molar-refractivity contribution >= 4 is 22.9 Å². The summed E-state index contributed by atoms with van der Waals surface area (Å²) in [5, 5.41) is 21.8. The third-order valence-corrected chi connectivity index (χ3v) is 4.61. The van der Waals surface area contributed by atoms with Gasteiger partial charge in [0.2, 0.25) is 5.95 Å². The minimum Gasteiger partial charge on any atom is -0.394 e. The summed E-state index contributed by atoms with van der Waals surface area (Å²) in [6, 6.07) is 5.18. The van der Waals surface area contributed by atoms with Crippen LogP contribution < -0.4 is 10.2 Å². The van der Waals surface area contributed by atoms with Gasteiger partial charge >= 0.3 is 0 Å². The van der Waals surface area contributed by atoms with Gasteiger partial charge in [0.15, 0.2) is 0 Å². The molecular formula is C17H24N4O3. The summed E-state index contributed by atoms with van der Waals surface area (Å²) >= 11 is 0. The first-order valence-corrected chi connectivity index (χ1v) is 8.34. The lowest BCUT2D eigenvalue weighted by atomic mass is 10.1. The van der Waals surface area contributed by atoms with Crippen LogP contribution in [-0.2, 0) is 7.05 Å². The molecule has 1 fully saturated rings. The van der Waals surface area contributed by atoms with E-state index in [-0.39, 0.29) is 24.7 Å². The first kappa shape index (κ1) is 16.7. The standard InChI is InChI=1S/C17H24N4O3/c1-3-12(10-22)18-16(24)11-4-5-15-14(8-11)19-17(20(15)2)21-7-6-13(23)9-21/h4-5,8,12-13,22-23H,3,6-7,9-10H2,1-2H3,(H,18,24)/t12-,13-/m0/s1. The third kappa shape index (κ3) is 3.09. The Morgan fingerprint density at radius 3 is 2.92 bits per heavy atom. The SMILES string of the molecule is CC[C@@H](CO)NC(=O)c1ccc2c(c1)nc(N1CC[C@H](O)C1)n2C. The Hall–Kier alpha value is -2.12. The highest BCUT2D eigenvalue weighted by Gasteiger charge is 2.24. The summed E-state index contributed by atoms with van der Waals surface area (Å²) in [5.41, 5.74) is 2.22. The molecule has 1 aliphatic rings. The van der Waals surface area contributed by atoms with Gasteiger partial charge in [0.25, 0.3) is 5.91 Å². The van der Waals surface area contributed by atoms with E-state index < -0.39 is 0 Å². The molecule has 1 saturated heterocycles. The van der Waals surface area contributed by atoms with Gasteiger partial charge in [-0.05, 0) is 31.0 Å². The van der Waals surface area contributed by atoms with Gasteiger partial charge in [0.1, 0.15) is 0 Å². The second-order valence-electron chi connectivity index (χ2n) is 6.32. The first-order chi connectivity index (χ1) is 11.5. The van der Waals surface area contributed by atoms with E-state index in [0.29, 0.717) is 18.5 Å². The number of benzene rings is 1. The highest BCUT2D eigenvalue weighted by Crippen LogP contribution is 2.25. The average molecular weight is 332 g/mol. The number of hydrogen-bond acceptors (Lipinski definition) is 5. The minimum absolute atomic E-state index is 0.0739. The number of rotatable bonds is 5. The van der Waals surface area contributed by atoms with Crippen LogP contribution in [0.5, 0.6) is 0 Å². The largest absolute Gasteiger partial charge is 0.394 e. The van der Waals surface area contributed by atoms with Gasteiger partial charge in [-0.25, -0.2) is 4.98 Å². The maximum Gasteiger partial charge on any atom is 0.251 e. The molecule has 2 atom stereocenters. The molecule has 0 spiro atoms. The van der Waals surface area contributed by atoms with Crippen LogP contribution in [-0.4, -0.2) is 57.5 Å². The second kappa shape index (κ2) is 6.78. The fourth-order valence-corrected chi connectivity index (χ4v) is 3.08. The van der Waals surface area contributed by atoms with Crippen LogP contribution >= 0.6 is 0 Å². The maximum absolute atomic E-state index is 12.3. The Morgan fingerprint density at radius 2 is 2.29 bits per heavy atom. The monoisotopic (exact) mass is 332 g/mol. The number of fused-ring (bicyclic) bond motifs is 1. The Bertz CT molecular complexity index is 739. The molecule has 0 bridgehead atoms. The summed E-state index contributed by atoms with van der Waals surface area (Å²) in [6.45, 7) is 3.20. The number of aliphatic hydroxyl groups is 2. The number of aliphatic hydroxyl groups excluding tert-OH is 2. The summed E-state index contributed by atoms with van der Waals surface area (Å²) < 4.78 is 1.98. The number of nitrogens with zero attached hydrogens (tertiary/aromatic N) is 3. The molecule has 7 nitrogen and oxygen atoms in total. The molecule has 7 heteroatoms. The number of aromatic nitrogens is 2. The number of β-amino-alcohol motifs (C(OH)–C–C–N with tert-alkyl or cyclic N) is 1. The van der Waals surface area contributed by atoms with Gasteiger partial charge in [-0.1, -0.05) is 6.92 Å². The highest BCUT2D eigenvalue weighted by molar-refractivity contribution is 5.97. The Kier molecular flexibility index (Phi) is 4.73. The van der Waals surface area contributed by atoms with E-state index >= 15 is 0 Å². The van der Waals surface area contributed by atoms with Gasteiger partial charge in [-0.3, -0.25) is 4.79 Å². The van der Waals surface area contributed by atoms with Crippen molar-refractivity contribution in [1.82, 2.24) is 14.9 Å². The number of carbonyl (C=O) groups is 1. The second-order valence-corrected chi connectivity index (χ2v) is 6.32. The van der Waals surface area contributed by atoms with E-state index in [1.807, 2.05) is 24.6 Å². The normalized spacial score (nSPS) is 19.0. The molecule has 0 unspecified atom stereocenters. The van der Waals surface area contributed by atoms with Crippen molar-refractivity contribution in [1.29, 1.82) is 0 Å². The summed E-state index contributed by atoms with van der Waals surface area (Å²) in [5.74, 6) is 0.600. The molecule has 2 heterocycles. The van der Waals surface area contributed by atoms with Crippen molar-refractivity contribution in [3.63, 3.8) is 0 Å². The molecule has 0 aliphatic carbocycles. The van der Waals surface area contributed by atoms with Crippen molar-refractivity contribution in [2.24, 2.45) is 7.05 Å². The van der Waals surface area contributed by atoms with Gasteiger partial charge < -0.3 is 25.0 Å². The molecule has 0 saturated carbocycles. The zero-order valence-electron chi connectivity index (χ0n) is 14.1. The Morgan fingerprint density at radius 1 is 1.50 bits per heavy atom. The molecule has 0 radical (unpaired) electrons. The van der Waals surface area contributed by atoms with Crippen LogP contribution in [0.15, 0.2) is 18.2 Å². The number of amides is 1. The lowest BCUT2D eigenvalue weighted by molar-refractivity contribution is 0.0915. The van der Waals surface area contributed by atoms with Gasteiger partial charge in [-0.15, -0.1) is 0 Å². The summed E-state index contributed by atoms with van der Waals surface area (Å²) in [7, 11) is 1.94. The summed E-state index contributed by atoms with van der Waals surface area (Å²) in [4.78, 5) is 19.0. The quantitative estimate of drug-likeness (QED) is 0.748. The van der Waals surface area contributed by atoms with Crippen molar-refractivity contribution < 1.29 is 15.0 Å². The zero-order valence-corrected chi connectivity index (χ0v) is 14.1.